The van der Waals surface area contributed by atoms with Gasteiger partial charge in [0.2, 0.25) is 11.9 Å². The van der Waals surface area contributed by atoms with Gasteiger partial charge in [0.1, 0.15) is 0 Å². The number of halogens is 1. The van der Waals surface area contributed by atoms with E-state index in [4.69, 9.17) is 0 Å². The number of anilines is 2. The molecule has 2 fully saturated rings. The van der Waals surface area contributed by atoms with Crippen molar-refractivity contribution in [2.45, 2.75) is 64.1 Å². The van der Waals surface area contributed by atoms with Crippen molar-refractivity contribution in [2.75, 3.05) is 17.7 Å². The summed E-state index contributed by atoms with van der Waals surface area (Å²) in [4.78, 5) is 33.9. The molecule has 0 saturated carbocycles. The number of nitrogens with one attached hydrogen (secondary N) is 3. The van der Waals surface area contributed by atoms with E-state index in [1.54, 1.807) is 12.2 Å². The molecule has 1 unspecified atom stereocenters. The van der Waals surface area contributed by atoms with E-state index in [0.717, 1.165) is 23.9 Å². The summed E-state index contributed by atoms with van der Waals surface area (Å²) in [7, 11) is 1.49. The summed E-state index contributed by atoms with van der Waals surface area (Å²) in [5.41, 5.74) is 1.03. The number of hydrogen-bond acceptors (Lipinski definition) is 7. The molecule has 8 nitrogen and oxygen atoms in total. The van der Waals surface area contributed by atoms with Crippen molar-refractivity contribution < 1.29 is 14.0 Å². The van der Waals surface area contributed by atoms with Gasteiger partial charge >= 0.3 is 0 Å². The Bertz CT molecular complexity index is 984. The van der Waals surface area contributed by atoms with Crippen molar-refractivity contribution in [3.8, 4) is 0 Å². The van der Waals surface area contributed by atoms with Crippen molar-refractivity contribution >= 4 is 23.6 Å². The van der Waals surface area contributed by atoms with Crippen LogP contribution < -0.4 is 16.0 Å². The highest BCUT2D eigenvalue weighted by atomic mass is 19.1. The average Bonchev–Trinajstić information content (AvgIpc) is 2.86. The maximum absolute atomic E-state index is 14.5. The second-order valence-electron chi connectivity index (χ2n) is 9.93. The van der Waals surface area contributed by atoms with Crippen LogP contribution in [0.15, 0.2) is 29.6 Å². The van der Waals surface area contributed by atoms with Crippen LogP contribution in [-0.2, 0) is 9.59 Å². The van der Waals surface area contributed by atoms with Crippen LogP contribution in [0.2, 0.25) is 0 Å². The molecule has 3 N–H and O–H groups in total. The highest BCUT2D eigenvalue weighted by Gasteiger charge is 2.42. The number of likely N-dealkylation sites (N-methyl/N-ethyl adjacent to an activating group) is 1. The molecule has 166 valence electrons. The Morgan fingerprint density at radius 1 is 1.16 bits per heavy atom. The molecule has 0 radical (unpaired) electrons. The van der Waals surface area contributed by atoms with Crippen molar-refractivity contribution in [3.05, 3.63) is 35.4 Å². The number of piperidine rings is 1. The lowest BCUT2D eigenvalue weighted by molar-refractivity contribution is -0.137. The first-order valence-electron chi connectivity index (χ1n) is 10.5. The molecular weight excluding hydrogens is 399 g/mol. The minimum absolute atomic E-state index is 0.0561. The normalized spacial score (nSPS) is 25.1. The molecule has 0 spiro atoms. The van der Waals surface area contributed by atoms with Crippen LogP contribution in [0.5, 0.6) is 0 Å². The van der Waals surface area contributed by atoms with Gasteiger partial charge in [-0.25, -0.2) is 9.37 Å². The summed E-state index contributed by atoms with van der Waals surface area (Å²) in [6.45, 7) is 8.54. The van der Waals surface area contributed by atoms with E-state index in [-0.39, 0.29) is 40.7 Å². The van der Waals surface area contributed by atoms with Crippen molar-refractivity contribution in [1.82, 2.24) is 20.2 Å². The number of allylic oxidation sites excluding steroid dienone is 3. The molecule has 0 aromatic carbocycles. The topological polar surface area (TPSA) is 99.2 Å². The summed E-state index contributed by atoms with van der Waals surface area (Å²) >= 11 is 0. The molecule has 1 atom stereocenters. The molecule has 2 aliphatic heterocycles. The Morgan fingerprint density at radius 3 is 2.52 bits per heavy atom. The van der Waals surface area contributed by atoms with Gasteiger partial charge in [0.05, 0.1) is 12.1 Å². The van der Waals surface area contributed by atoms with Gasteiger partial charge in [0.15, 0.2) is 11.6 Å². The van der Waals surface area contributed by atoms with Crippen LogP contribution in [0.1, 0.15) is 47.0 Å². The Labute approximate surface area is 181 Å². The lowest BCUT2D eigenvalue weighted by Gasteiger charge is -2.46. The van der Waals surface area contributed by atoms with E-state index in [9.17, 15) is 14.0 Å². The molecule has 2 saturated heterocycles. The number of aromatic nitrogens is 2. The van der Waals surface area contributed by atoms with E-state index in [1.165, 1.54) is 7.05 Å². The molecular formula is C22H29FN6O2. The van der Waals surface area contributed by atoms with Gasteiger partial charge in [-0.2, -0.15) is 4.98 Å². The van der Waals surface area contributed by atoms with Gasteiger partial charge in [0, 0.05) is 41.9 Å². The number of carbonyl (C=O) groups excluding carboxylic acids is 2. The van der Waals surface area contributed by atoms with E-state index >= 15 is 0 Å². The molecule has 0 bridgehead atoms. The zero-order chi connectivity index (χ0) is 22.6. The fraction of sp³-hybridized carbons (Fsp3) is 0.545. The Kier molecular flexibility index (Phi) is 5.12. The van der Waals surface area contributed by atoms with Crippen LogP contribution in [0.25, 0.3) is 0 Å². The van der Waals surface area contributed by atoms with Gasteiger partial charge in [-0.15, -0.1) is 0 Å². The molecule has 31 heavy (non-hydrogen) atoms. The number of fused-ring (bicyclic) bond motifs is 1. The summed E-state index contributed by atoms with van der Waals surface area (Å²) < 4.78 is 14.5. The fourth-order valence-electron chi connectivity index (χ4n) is 5.06. The quantitative estimate of drug-likeness (QED) is 0.634. The molecule has 1 aromatic heterocycles. The zero-order valence-electron chi connectivity index (χ0n) is 18.5. The first-order valence-corrected chi connectivity index (χ1v) is 10.5. The summed E-state index contributed by atoms with van der Waals surface area (Å²) in [6, 6.07) is 0.0561. The van der Waals surface area contributed by atoms with Crippen LogP contribution in [-0.4, -0.2) is 50.8 Å². The molecule has 3 aliphatic rings. The molecule has 3 heterocycles. The maximum atomic E-state index is 14.5. The summed E-state index contributed by atoms with van der Waals surface area (Å²) in [5, 5.41) is 9.93. The van der Waals surface area contributed by atoms with E-state index in [2.05, 4.69) is 53.6 Å². The Balaban J connectivity index is 1.49. The third-order valence-corrected chi connectivity index (χ3v) is 5.99. The van der Waals surface area contributed by atoms with Crippen molar-refractivity contribution in [3.63, 3.8) is 0 Å². The van der Waals surface area contributed by atoms with Crippen LogP contribution >= 0.6 is 0 Å². The highest BCUT2D eigenvalue weighted by molar-refractivity contribution is 6.15. The lowest BCUT2D eigenvalue weighted by Crippen LogP contribution is -2.60. The molecule has 1 aromatic rings. The largest absolute Gasteiger partial charge is 0.365 e. The minimum atomic E-state index is -0.516. The van der Waals surface area contributed by atoms with Crippen molar-refractivity contribution in [1.29, 1.82) is 0 Å². The Morgan fingerprint density at radius 2 is 1.84 bits per heavy atom. The van der Waals surface area contributed by atoms with Crippen LogP contribution in [0, 0.1) is 11.7 Å². The predicted octanol–water partition coefficient (Wildman–Crippen LogP) is 2.58. The summed E-state index contributed by atoms with van der Waals surface area (Å²) in [5.74, 6) is -1.11. The maximum Gasteiger partial charge on any atom is 0.256 e. The third-order valence-electron chi connectivity index (χ3n) is 5.99. The van der Waals surface area contributed by atoms with E-state index < -0.39 is 11.7 Å². The first kappa shape index (κ1) is 21.4. The minimum Gasteiger partial charge on any atom is -0.365 e. The third kappa shape index (κ3) is 4.32. The number of carbonyl (C=O) groups is 2. The van der Waals surface area contributed by atoms with Gasteiger partial charge in [-0.3, -0.25) is 14.5 Å². The number of amides is 2. The van der Waals surface area contributed by atoms with E-state index in [1.807, 2.05) is 0 Å². The van der Waals surface area contributed by atoms with Gasteiger partial charge < -0.3 is 16.0 Å². The van der Waals surface area contributed by atoms with Gasteiger partial charge in [-0.05, 0) is 46.6 Å². The standard InChI is InChI=1S/C22H29FN6O2/c1-21(2)9-13(10-22(3,4)28-21)25-17-16(23)11-24-20(27-17)26-12-6-7-14-15(8-12)19(31)29(5)18(14)30/h6-7,11,13,15,28H,8-10H2,1-5H3,(H2,24,25,26,27). The molecule has 4 rings (SSSR count). The number of imide groups is 1. The molecule has 1 aliphatic carbocycles. The number of hydrogen-bond donors (Lipinski definition) is 3. The second kappa shape index (κ2) is 7.40. The second-order valence-corrected chi connectivity index (χ2v) is 9.93. The lowest BCUT2D eigenvalue weighted by atomic mass is 9.79. The molecule has 9 heteroatoms. The first-order chi connectivity index (χ1) is 14.4. The fourth-order valence-corrected chi connectivity index (χ4v) is 5.06. The predicted molar refractivity (Wildman–Crippen MR) is 116 cm³/mol. The highest BCUT2D eigenvalue weighted by Crippen LogP contribution is 2.34. The number of likely N-dealkylation sites (tertiary alicyclic amines) is 1. The smallest absolute Gasteiger partial charge is 0.256 e. The van der Waals surface area contributed by atoms with E-state index in [0.29, 0.717) is 17.7 Å². The monoisotopic (exact) mass is 428 g/mol. The number of nitrogens with zero attached hydrogens (tertiary/aromatic N) is 3. The van der Waals surface area contributed by atoms with Gasteiger partial charge in [0.25, 0.3) is 5.91 Å². The van der Waals surface area contributed by atoms with Gasteiger partial charge in [-0.1, -0.05) is 6.08 Å². The van der Waals surface area contributed by atoms with Crippen molar-refractivity contribution in [2.24, 2.45) is 5.92 Å². The SMILES string of the molecule is CN1C(=O)C2=CC=C(Nc3ncc(F)c(NC4CC(C)(C)NC(C)(C)C4)n3)CC2C1=O. The Hall–Kier alpha value is -2.81. The van der Waals surface area contributed by atoms with Crippen LogP contribution in [0.4, 0.5) is 16.2 Å². The number of rotatable bonds is 4. The average molecular weight is 429 g/mol. The summed E-state index contributed by atoms with van der Waals surface area (Å²) in [6.07, 6.45) is 6.54. The molecule has 2 amide bonds. The zero-order valence-corrected chi connectivity index (χ0v) is 18.5. The van der Waals surface area contributed by atoms with Crippen LogP contribution in [0.3, 0.4) is 0 Å².